The zero-order valence-corrected chi connectivity index (χ0v) is 12.7. The van der Waals surface area contributed by atoms with Crippen molar-refractivity contribution in [3.05, 3.63) is 23.7 Å². The van der Waals surface area contributed by atoms with Crippen molar-refractivity contribution in [3.8, 4) is 0 Å². The molecule has 1 aliphatic rings. The lowest BCUT2D eigenvalue weighted by Gasteiger charge is -2.30. The van der Waals surface area contributed by atoms with Crippen LogP contribution in [0, 0.1) is 0 Å². The van der Waals surface area contributed by atoms with Crippen LogP contribution in [0.1, 0.15) is 42.0 Å². The van der Waals surface area contributed by atoms with Crippen LogP contribution in [0.5, 0.6) is 0 Å². The Labute approximate surface area is 127 Å². The molecule has 2 unspecified atom stereocenters. The molecule has 0 aromatic carbocycles. The van der Waals surface area contributed by atoms with Crippen molar-refractivity contribution in [1.29, 1.82) is 0 Å². The summed E-state index contributed by atoms with van der Waals surface area (Å²) < 4.78 is 5.08. The molecule has 116 valence electrons. The number of amides is 2. The monoisotopic (exact) mass is 312 g/mol. The Kier molecular flexibility index (Phi) is 5.55. The van der Waals surface area contributed by atoms with Gasteiger partial charge in [-0.1, -0.05) is 12.8 Å². The molecular weight excluding hydrogens is 292 g/mol. The first-order valence-corrected chi connectivity index (χ1v) is 8.28. The van der Waals surface area contributed by atoms with Crippen LogP contribution in [0.15, 0.2) is 16.5 Å². The first-order chi connectivity index (χ1) is 10.1. The van der Waals surface area contributed by atoms with Crippen LogP contribution < -0.4 is 10.6 Å². The van der Waals surface area contributed by atoms with E-state index in [1.54, 1.807) is 17.8 Å². The van der Waals surface area contributed by atoms with Crippen molar-refractivity contribution in [2.75, 3.05) is 6.26 Å². The molecule has 0 aliphatic heterocycles. The SMILES string of the molecule is CSC1CCCCC1NC(=O)NCc1ccc(C(=O)O)o1. The van der Waals surface area contributed by atoms with E-state index in [2.05, 4.69) is 16.9 Å². The van der Waals surface area contributed by atoms with Gasteiger partial charge >= 0.3 is 12.0 Å². The molecule has 2 atom stereocenters. The lowest BCUT2D eigenvalue weighted by atomic mass is 9.95. The van der Waals surface area contributed by atoms with Gasteiger partial charge in [-0.2, -0.15) is 11.8 Å². The highest BCUT2D eigenvalue weighted by molar-refractivity contribution is 7.99. The van der Waals surface area contributed by atoms with Gasteiger partial charge in [-0.15, -0.1) is 0 Å². The van der Waals surface area contributed by atoms with E-state index < -0.39 is 5.97 Å². The summed E-state index contributed by atoms with van der Waals surface area (Å²) in [4.78, 5) is 22.6. The minimum atomic E-state index is -1.12. The predicted molar refractivity (Wildman–Crippen MR) is 80.6 cm³/mol. The Morgan fingerprint density at radius 3 is 2.81 bits per heavy atom. The largest absolute Gasteiger partial charge is 0.475 e. The molecule has 2 rings (SSSR count). The van der Waals surface area contributed by atoms with Crippen molar-refractivity contribution in [2.24, 2.45) is 0 Å². The molecule has 7 heteroatoms. The Hall–Kier alpha value is -1.63. The van der Waals surface area contributed by atoms with Gasteiger partial charge in [0.25, 0.3) is 0 Å². The molecule has 1 aliphatic carbocycles. The van der Waals surface area contributed by atoms with Crippen molar-refractivity contribution in [1.82, 2.24) is 10.6 Å². The second-order valence-corrected chi connectivity index (χ2v) is 6.14. The summed E-state index contributed by atoms with van der Waals surface area (Å²) in [6, 6.07) is 2.88. The molecule has 1 aromatic heterocycles. The number of nitrogens with one attached hydrogen (secondary N) is 2. The Balaban J connectivity index is 1.79. The Morgan fingerprint density at radius 1 is 1.38 bits per heavy atom. The van der Waals surface area contributed by atoms with Gasteiger partial charge in [-0.25, -0.2) is 9.59 Å². The molecule has 1 saturated carbocycles. The minimum absolute atomic E-state index is 0.123. The highest BCUT2D eigenvalue weighted by Crippen LogP contribution is 2.27. The number of aromatic carboxylic acids is 1. The van der Waals surface area contributed by atoms with E-state index in [0.29, 0.717) is 11.0 Å². The van der Waals surface area contributed by atoms with Gasteiger partial charge in [-0.3, -0.25) is 0 Å². The van der Waals surface area contributed by atoms with Gasteiger partial charge in [0.2, 0.25) is 5.76 Å². The Morgan fingerprint density at radius 2 is 2.14 bits per heavy atom. The molecule has 2 amide bonds. The highest BCUT2D eigenvalue weighted by atomic mass is 32.2. The van der Waals surface area contributed by atoms with Crippen molar-refractivity contribution >= 4 is 23.8 Å². The molecule has 0 saturated heterocycles. The number of furan rings is 1. The van der Waals surface area contributed by atoms with Crippen LogP contribution in [0.25, 0.3) is 0 Å². The molecule has 0 radical (unpaired) electrons. The van der Waals surface area contributed by atoms with Gasteiger partial charge in [0.05, 0.1) is 6.54 Å². The number of rotatable bonds is 5. The van der Waals surface area contributed by atoms with Crippen molar-refractivity contribution in [3.63, 3.8) is 0 Å². The fourth-order valence-electron chi connectivity index (χ4n) is 2.52. The quantitative estimate of drug-likeness (QED) is 0.777. The van der Waals surface area contributed by atoms with Gasteiger partial charge in [-0.05, 0) is 31.2 Å². The molecule has 1 fully saturated rings. The molecule has 21 heavy (non-hydrogen) atoms. The molecular formula is C14H20N2O4S. The molecule has 0 spiro atoms. The van der Waals surface area contributed by atoms with Gasteiger partial charge in [0, 0.05) is 11.3 Å². The summed E-state index contributed by atoms with van der Waals surface area (Å²) >= 11 is 1.79. The molecule has 6 nitrogen and oxygen atoms in total. The maximum atomic E-state index is 11.9. The van der Waals surface area contributed by atoms with E-state index in [-0.39, 0.29) is 24.4 Å². The van der Waals surface area contributed by atoms with Crippen LogP contribution in [-0.4, -0.2) is 34.7 Å². The van der Waals surface area contributed by atoms with E-state index in [4.69, 9.17) is 9.52 Å². The lowest BCUT2D eigenvalue weighted by Crippen LogP contribution is -2.47. The smallest absolute Gasteiger partial charge is 0.371 e. The maximum absolute atomic E-state index is 11.9. The first kappa shape index (κ1) is 15.8. The molecule has 3 N–H and O–H groups in total. The van der Waals surface area contributed by atoms with E-state index in [9.17, 15) is 9.59 Å². The second kappa shape index (κ2) is 7.40. The third-order valence-corrected chi connectivity index (χ3v) is 4.79. The number of thioether (sulfide) groups is 1. The van der Waals surface area contributed by atoms with E-state index >= 15 is 0 Å². The summed E-state index contributed by atoms with van der Waals surface area (Å²) in [5.74, 6) is -0.815. The zero-order valence-electron chi connectivity index (χ0n) is 11.9. The van der Waals surface area contributed by atoms with Gasteiger partial charge in [0.1, 0.15) is 5.76 Å². The van der Waals surface area contributed by atoms with Crippen molar-refractivity contribution in [2.45, 2.75) is 43.5 Å². The number of carbonyl (C=O) groups is 2. The second-order valence-electron chi connectivity index (χ2n) is 5.06. The summed E-state index contributed by atoms with van der Waals surface area (Å²) in [5, 5.41) is 14.9. The summed E-state index contributed by atoms with van der Waals surface area (Å²) in [7, 11) is 0. The van der Waals surface area contributed by atoms with Gasteiger partial charge < -0.3 is 20.2 Å². The summed E-state index contributed by atoms with van der Waals surface area (Å²) in [6.07, 6.45) is 6.56. The average Bonchev–Trinajstić information content (AvgIpc) is 2.95. The van der Waals surface area contributed by atoms with Crippen molar-refractivity contribution < 1.29 is 19.1 Å². The van der Waals surface area contributed by atoms with E-state index in [1.165, 1.54) is 12.5 Å². The van der Waals surface area contributed by atoms with E-state index in [1.807, 2.05) is 0 Å². The fraction of sp³-hybridized carbons (Fsp3) is 0.571. The first-order valence-electron chi connectivity index (χ1n) is 6.99. The average molecular weight is 312 g/mol. The maximum Gasteiger partial charge on any atom is 0.371 e. The summed E-state index contributed by atoms with van der Waals surface area (Å²) in [6.45, 7) is 0.176. The number of hydrogen-bond acceptors (Lipinski definition) is 4. The normalized spacial score (nSPS) is 21.8. The standard InChI is InChI=1S/C14H20N2O4S/c1-21-12-5-3-2-4-10(12)16-14(19)15-8-9-6-7-11(20-9)13(17)18/h6-7,10,12H,2-5,8H2,1H3,(H,17,18)(H2,15,16,19). The third kappa shape index (κ3) is 4.42. The molecule has 1 heterocycles. The topological polar surface area (TPSA) is 91.6 Å². The number of carboxylic acid groups (broad SMARTS) is 1. The Bertz CT molecular complexity index is 503. The number of carboxylic acids is 1. The van der Waals surface area contributed by atoms with Crippen LogP contribution >= 0.6 is 11.8 Å². The minimum Gasteiger partial charge on any atom is -0.475 e. The predicted octanol–water partition coefficient (Wildman–Crippen LogP) is 2.45. The number of hydrogen-bond donors (Lipinski definition) is 3. The van der Waals surface area contributed by atoms with Crippen LogP contribution in [0.3, 0.4) is 0 Å². The van der Waals surface area contributed by atoms with Gasteiger partial charge in [0.15, 0.2) is 0 Å². The third-order valence-electron chi connectivity index (χ3n) is 3.62. The molecule has 0 bridgehead atoms. The van der Waals surface area contributed by atoms with E-state index in [0.717, 1.165) is 19.3 Å². The number of urea groups is 1. The summed E-state index contributed by atoms with van der Waals surface area (Å²) in [5.41, 5.74) is 0. The van der Waals surface area contributed by atoms with Crippen LogP contribution in [0.2, 0.25) is 0 Å². The zero-order chi connectivity index (χ0) is 15.2. The molecule has 1 aromatic rings. The highest BCUT2D eigenvalue weighted by Gasteiger charge is 2.25. The fourth-order valence-corrected chi connectivity index (χ4v) is 3.45. The van der Waals surface area contributed by atoms with Crippen LogP contribution in [-0.2, 0) is 6.54 Å². The lowest BCUT2D eigenvalue weighted by molar-refractivity contribution is 0.0660. The number of carbonyl (C=O) groups excluding carboxylic acids is 1. The van der Waals surface area contributed by atoms with Crippen LogP contribution in [0.4, 0.5) is 4.79 Å².